The largest absolute Gasteiger partial charge is 0.506 e. The quantitative estimate of drug-likeness (QED) is 0.405. The van der Waals surface area contributed by atoms with Gasteiger partial charge in [0.2, 0.25) is 11.8 Å². The Hall–Kier alpha value is -1.85. The van der Waals surface area contributed by atoms with Crippen LogP contribution in [-0.2, 0) is 16.0 Å². The second-order valence-electron chi connectivity index (χ2n) is 7.83. The molecule has 1 aromatic rings. The van der Waals surface area contributed by atoms with Crippen LogP contribution in [-0.4, -0.2) is 95.9 Å². The predicted octanol–water partition coefficient (Wildman–Crippen LogP) is 2.87. The van der Waals surface area contributed by atoms with E-state index in [2.05, 4.69) is 22.8 Å². The lowest BCUT2D eigenvalue weighted by Crippen LogP contribution is -2.64. The van der Waals surface area contributed by atoms with Gasteiger partial charge < -0.3 is 20.2 Å². The van der Waals surface area contributed by atoms with Crippen molar-refractivity contribution in [2.24, 2.45) is 0 Å². The van der Waals surface area contributed by atoms with Crippen LogP contribution >= 0.6 is 24.2 Å². The van der Waals surface area contributed by atoms with Crippen LogP contribution in [0.15, 0.2) is 12.1 Å². The number of thiol groups is 1. The van der Waals surface area contributed by atoms with Crippen molar-refractivity contribution in [2.75, 3.05) is 57.4 Å². The van der Waals surface area contributed by atoms with E-state index in [1.807, 2.05) is 11.8 Å². The third kappa shape index (κ3) is 7.58. The number of rotatable bonds is 6. The Balaban J connectivity index is 0.00000187. The van der Waals surface area contributed by atoms with Crippen LogP contribution in [0, 0.1) is 0 Å². The zero-order valence-corrected chi connectivity index (χ0v) is 20.3. The lowest BCUT2D eigenvalue weighted by molar-refractivity contribution is -0.139. The summed E-state index contributed by atoms with van der Waals surface area (Å²) in [5.74, 6) is -0.368. The molecule has 12 heteroatoms. The van der Waals surface area contributed by atoms with Crippen LogP contribution in [0.4, 0.5) is 18.9 Å². The fourth-order valence-electron chi connectivity index (χ4n) is 3.83. The van der Waals surface area contributed by atoms with Crippen molar-refractivity contribution in [3.63, 3.8) is 0 Å². The van der Waals surface area contributed by atoms with Gasteiger partial charge in [0.1, 0.15) is 5.75 Å². The lowest BCUT2D eigenvalue weighted by atomic mass is 10.1. The van der Waals surface area contributed by atoms with Gasteiger partial charge in [-0.15, -0.1) is 0 Å². The molecule has 0 radical (unpaired) electrons. The van der Waals surface area contributed by atoms with Gasteiger partial charge in [-0.05, 0) is 17.9 Å². The molecular weight excluding hydrogens is 481 g/mol. The normalized spacial score (nSPS) is 17.2. The van der Waals surface area contributed by atoms with E-state index in [-0.39, 0.29) is 40.4 Å². The molecule has 0 saturated carbocycles. The van der Waals surface area contributed by atoms with E-state index in [0.29, 0.717) is 38.6 Å². The maximum atomic E-state index is 12.7. The number of anilines is 1. The number of phenols is 1. The van der Waals surface area contributed by atoms with Crippen molar-refractivity contribution in [1.29, 1.82) is 0 Å². The molecular formula is C21H30ClF3N4O3S. The highest BCUT2D eigenvalue weighted by atomic mass is 35.5. The van der Waals surface area contributed by atoms with Crippen molar-refractivity contribution in [3.8, 4) is 5.75 Å². The Kier molecular flexibility index (Phi) is 9.99. The van der Waals surface area contributed by atoms with Gasteiger partial charge in [-0.3, -0.25) is 14.5 Å². The molecule has 0 atom stereocenters. The average molecular weight is 511 g/mol. The summed E-state index contributed by atoms with van der Waals surface area (Å²) < 4.78 is 38.0. The fraction of sp³-hybridized carbons (Fsp3) is 0.619. The van der Waals surface area contributed by atoms with E-state index in [1.54, 1.807) is 11.2 Å². The van der Waals surface area contributed by atoms with Gasteiger partial charge in [0.15, 0.2) is 0 Å². The van der Waals surface area contributed by atoms with Gasteiger partial charge in [-0.2, -0.15) is 25.8 Å². The molecule has 2 aliphatic heterocycles. The highest BCUT2D eigenvalue weighted by molar-refractivity contribution is 7.79. The first-order valence-corrected chi connectivity index (χ1v) is 11.9. The Labute approximate surface area is 202 Å². The number of nitrogens with one attached hydrogen (secondary N) is 1. The van der Waals surface area contributed by atoms with E-state index < -0.39 is 12.6 Å². The molecule has 7 nitrogen and oxygen atoms in total. The van der Waals surface area contributed by atoms with Crippen LogP contribution in [0.3, 0.4) is 0 Å². The third-order valence-corrected chi connectivity index (χ3v) is 6.04. The SMILES string of the molecule is CCC(=O)N1CC(N2CCN(C(=O)CNc3cc(CC(F)(F)F)c(Cl)cc3O)CC2)C1.CS. The van der Waals surface area contributed by atoms with E-state index >= 15 is 0 Å². The van der Waals surface area contributed by atoms with Crippen LogP contribution in [0.1, 0.15) is 18.9 Å². The topological polar surface area (TPSA) is 76.1 Å². The first kappa shape index (κ1) is 27.4. The third-order valence-electron chi connectivity index (χ3n) is 5.69. The highest BCUT2D eigenvalue weighted by Crippen LogP contribution is 2.34. The molecule has 0 aromatic heterocycles. The number of nitrogens with zero attached hydrogens (tertiary/aromatic N) is 3. The number of aromatic hydroxyl groups is 1. The maximum Gasteiger partial charge on any atom is 0.393 e. The first-order chi connectivity index (χ1) is 15.6. The molecule has 2 aliphatic rings. The Morgan fingerprint density at radius 1 is 1.12 bits per heavy atom. The fourth-order valence-corrected chi connectivity index (χ4v) is 4.06. The van der Waals surface area contributed by atoms with E-state index in [1.165, 1.54) is 0 Å². The van der Waals surface area contributed by atoms with Crippen LogP contribution in [0.2, 0.25) is 5.02 Å². The average Bonchev–Trinajstić information content (AvgIpc) is 2.74. The predicted molar refractivity (Wildman–Crippen MR) is 125 cm³/mol. The monoisotopic (exact) mass is 510 g/mol. The van der Waals surface area contributed by atoms with Crippen molar-refractivity contribution in [2.45, 2.75) is 32.0 Å². The van der Waals surface area contributed by atoms with Gasteiger partial charge in [-0.25, -0.2) is 0 Å². The summed E-state index contributed by atoms with van der Waals surface area (Å²) in [6, 6.07) is 2.49. The molecule has 0 spiro atoms. The summed E-state index contributed by atoms with van der Waals surface area (Å²) in [4.78, 5) is 29.9. The molecule has 186 valence electrons. The summed E-state index contributed by atoms with van der Waals surface area (Å²) in [5.41, 5.74) is -0.141. The van der Waals surface area contributed by atoms with Crippen molar-refractivity contribution in [3.05, 3.63) is 22.7 Å². The number of amides is 2. The molecule has 2 saturated heterocycles. The van der Waals surface area contributed by atoms with Crippen LogP contribution < -0.4 is 5.32 Å². The van der Waals surface area contributed by atoms with Gasteiger partial charge in [0.05, 0.1) is 18.7 Å². The molecule has 0 bridgehead atoms. The zero-order valence-electron chi connectivity index (χ0n) is 18.7. The van der Waals surface area contributed by atoms with E-state index in [0.717, 1.165) is 25.2 Å². The molecule has 2 N–H and O–H groups in total. The van der Waals surface area contributed by atoms with Gasteiger partial charge in [-0.1, -0.05) is 18.5 Å². The lowest BCUT2D eigenvalue weighted by Gasteiger charge is -2.48. The van der Waals surface area contributed by atoms with Gasteiger partial charge >= 0.3 is 6.18 Å². The molecule has 3 rings (SSSR count). The summed E-state index contributed by atoms with van der Waals surface area (Å²) >= 11 is 9.32. The minimum atomic E-state index is -4.44. The second-order valence-corrected chi connectivity index (χ2v) is 8.24. The van der Waals surface area contributed by atoms with Gasteiger partial charge in [0, 0.05) is 62.8 Å². The number of hydrogen-bond donors (Lipinski definition) is 3. The summed E-state index contributed by atoms with van der Waals surface area (Å²) in [6.45, 7) is 5.60. The molecule has 2 amide bonds. The number of piperazine rings is 1. The van der Waals surface area contributed by atoms with Crippen LogP contribution in [0.5, 0.6) is 5.75 Å². The summed E-state index contributed by atoms with van der Waals surface area (Å²) in [7, 11) is 0. The molecule has 2 fully saturated rings. The smallest absolute Gasteiger partial charge is 0.393 e. The van der Waals surface area contributed by atoms with E-state index in [9.17, 15) is 27.9 Å². The molecule has 1 aromatic carbocycles. The Morgan fingerprint density at radius 3 is 2.27 bits per heavy atom. The zero-order chi connectivity index (χ0) is 24.8. The standard InChI is InChI=1S/C20H26ClF3N4O3.CH4S/c1-2-18(30)28-11-14(12-28)26-3-5-27(6-4-26)19(31)10-25-16-7-13(9-20(22,23)24)15(21)8-17(16)29;1-2/h7-8,14,25,29H,2-6,9-12H2,1H3;2H,1H3. The highest BCUT2D eigenvalue weighted by Gasteiger charge is 2.36. The first-order valence-electron chi connectivity index (χ1n) is 10.6. The number of benzene rings is 1. The number of phenolic OH excluding ortho intramolecular Hbond substituents is 1. The van der Waals surface area contributed by atoms with Crippen molar-refractivity contribution < 1.29 is 27.9 Å². The minimum absolute atomic E-state index is 0.0331. The maximum absolute atomic E-state index is 12.7. The summed E-state index contributed by atoms with van der Waals surface area (Å²) in [6.07, 6.45) is -3.46. The van der Waals surface area contributed by atoms with Gasteiger partial charge in [0.25, 0.3) is 0 Å². The van der Waals surface area contributed by atoms with Crippen molar-refractivity contribution in [1.82, 2.24) is 14.7 Å². The van der Waals surface area contributed by atoms with Crippen molar-refractivity contribution >= 4 is 41.7 Å². The number of halogens is 4. The number of carbonyl (C=O) groups excluding carboxylic acids is 2. The number of carbonyl (C=O) groups is 2. The molecule has 0 aliphatic carbocycles. The second kappa shape index (κ2) is 12.0. The van der Waals surface area contributed by atoms with E-state index in [4.69, 9.17) is 11.6 Å². The summed E-state index contributed by atoms with van der Waals surface area (Å²) in [5, 5.41) is 12.5. The Morgan fingerprint density at radius 2 is 1.73 bits per heavy atom. The molecule has 33 heavy (non-hydrogen) atoms. The molecule has 0 unspecified atom stereocenters. The Bertz CT molecular complexity index is 830. The number of alkyl halides is 3. The molecule has 2 heterocycles. The number of likely N-dealkylation sites (tertiary alicyclic amines) is 1. The van der Waals surface area contributed by atoms with Crippen LogP contribution in [0.25, 0.3) is 0 Å². The number of hydrogen-bond acceptors (Lipinski definition) is 6. The minimum Gasteiger partial charge on any atom is -0.506 e.